The second-order valence-corrected chi connectivity index (χ2v) is 6.07. The van der Waals surface area contributed by atoms with Gasteiger partial charge >= 0.3 is 0 Å². The zero-order chi connectivity index (χ0) is 18.4. The van der Waals surface area contributed by atoms with Crippen molar-refractivity contribution in [3.63, 3.8) is 0 Å². The molecule has 0 aromatic heterocycles. The van der Waals surface area contributed by atoms with Crippen molar-refractivity contribution in [2.45, 2.75) is 20.3 Å². The minimum Gasteiger partial charge on any atom is -0.495 e. The number of halogens is 1. The summed E-state index contributed by atoms with van der Waals surface area (Å²) in [5, 5.41) is 6.60. The van der Waals surface area contributed by atoms with E-state index in [4.69, 9.17) is 21.1 Å². The maximum atomic E-state index is 12.2. The van der Waals surface area contributed by atoms with Gasteiger partial charge in [-0.05, 0) is 31.0 Å². The summed E-state index contributed by atoms with van der Waals surface area (Å²) in [5.74, 6) is 1.09. The maximum Gasteiger partial charge on any atom is 0.226 e. The molecule has 0 aliphatic heterocycles. The minimum atomic E-state index is -0.0545. The molecule has 25 heavy (non-hydrogen) atoms. The zero-order valence-electron chi connectivity index (χ0n) is 14.9. The Kier molecular flexibility index (Phi) is 6.53. The molecule has 0 saturated heterocycles. The van der Waals surface area contributed by atoms with Crippen molar-refractivity contribution >= 4 is 28.9 Å². The van der Waals surface area contributed by atoms with E-state index in [9.17, 15) is 4.79 Å². The van der Waals surface area contributed by atoms with Gasteiger partial charge in [0.15, 0.2) is 0 Å². The summed E-state index contributed by atoms with van der Waals surface area (Å²) in [6, 6.07) is 9.29. The molecule has 2 rings (SSSR count). The predicted molar refractivity (Wildman–Crippen MR) is 102 cm³/mol. The Labute approximate surface area is 153 Å². The van der Waals surface area contributed by atoms with E-state index >= 15 is 0 Å². The number of benzene rings is 2. The van der Waals surface area contributed by atoms with Gasteiger partial charge in [-0.25, -0.2) is 0 Å². The number of hydrogen-bond donors (Lipinski definition) is 2. The van der Waals surface area contributed by atoms with Gasteiger partial charge in [0.1, 0.15) is 11.5 Å². The molecule has 0 fully saturated rings. The Morgan fingerprint density at radius 1 is 1.08 bits per heavy atom. The quantitative estimate of drug-likeness (QED) is 0.765. The third-order valence-electron chi connectivity index (χ3n) is 4.02. The van der Waals surface area contributed by atoms with E-state index in [0.29, 0.717) is 29.5 Å². The van der Waals surface area contributed by atoms with Crippen molar-refractivity contribution in [2.24, 2.45) is 0 Å². The Hall–Kier alpha value is -2.40. The summed E-state index contributed by atoms with van der Waals surface area (Å²) in [4.78, 5) is 12.2. The molecule has 1 amide bonds. The Morgan fingerprint density at radius 3 is 2.48 bits per heavy atom. The first-order valence-corrected chi connectivity index (χ1v) is 8.35. The maximum absolute atomic E-state index is 12.2. The van der Waals surface area contributed by atoms with E-state index < -0.39 is 0 Å². The van der Waals surface area contributed by atoms with E-state index in [0.717, 1.165) is 22.5 Å². The van der Waals surface area contributed by atoms with Gasteiger partial charge in [0, 0.05) is 30.8 Å². The topological polar surface area (TPSA) is 59.6 Å². The molecule has 0 spiro atoms. The second-order valence-electron chi connectivity index (χ2n) is 5.66. The van der Waals surface area contributed by atoms with E-state index in [2.05, 4.69) is 10.6 Å². The van der Waals surface area contributed by atoms with Crippen LogP contribution >= 0.6 is 11.6 Å². The van der Waals surface area contributed by atoms with Gasteiger partial charge in [-0.3, -0.25) is 4.79 Å². The highest BCUT2D eigenvalue weighted by atomic mass is 35.5. The SMILES string of the molecule is COc1cc(NCCC(=O)Nc2cccc(C)c2C)c(OC)cc1Cl. The number of rotatable bonds is 7. The monoisotopic (exact) mass is 362 g/mol. The van der Waals surface area contributed by atoms with E-state index in [1.165, 1.54) is 0 Å². The van der Waals surface area contributed by atoms with Crippen LogP contribution in [0.5, 0.6) is 11.5 Å². The fraction of sp³-hybridized carbons (Fsp3) is 0.316. The summed E-state index contributed by atoms with van der Waals surface area (Å²) < 4.78 is 10.5. The van der Waals surface area contributed by atoms with Crippen LogP contribution in [0.3, 0.4) is 0 Å². The molecule has 5 nitrogen and oxygen atoms in total. The molecule has 0 saturated carbocycles. The molecular weight excluding hydrogens is 340 g/mol. The van der Waals surface area contributed by atoms with Gasteiger partial charge in [0.25, 0.3) is 0 Å². The fourth-order valence-corrected chi connectivity index (χ4v) is 2.64. The highest BCUT2D eigenvalue weighted by Gasteiger charge is 2.11. The smallest absolute Gasteiger partial charge is 0.226 e. The molecular formula is C19H23ClN2O3. The molecule has 0 aliphatic rings. The molecule has 0 atom stereocenters. The van der Waals surface area contributed by atoms with Crippen LogP contribution in [0.15, 0.2) is 30.3 Å². The summed E-state index contributed by atoms with van der Waals surface area (Å²) >= 11 is 6.09. The highest BCUT2D eigenvalue weighted by molar-refractivity contribution is 6.32. The lowest BCUT2D eigenvalue weighted by molar-refractivity contribution is -0.115. The summed E-state index contributed by atoms with van der Waals surface area (Å²) in [6.45, 7) is 4.47. The van der Waals surface area contributed by atoms with Gasteiger partial charge in [-0.1, -0.05) is 23.7 Å². The lowest BCUT2D eigenvalue weighted by atomic mass is 10.1. The number of carbonyl (C=O) groups excluding carboxylic acids is 1. The Balaban J connectivity index is 1.96. The fourth-order valence-electron chi connectivity index (χ4n) is 2.41. The molecule has 0 heterocycles. The average molecular weight is 363 g/mol. The van der Waals surface area contributed by atoms with E-state index in [1.807, 2.05) is 32.0 Å². The number of ether oxygens (including phenoxy) is 2. The largest absolute Gasteiger partial charge is 0.495 e. The van der Waals surface area contributed by atoms with Gasteiger partial charge in [0.05, 0.1) is 24.9 Å². The van der Waals surface area contributed by atoms with Crippen LogP contribution in [0.2, 0.25) is 5.02 Å². The van der Waals surface area contributed by atoms with Crippen LogP contribution in [0, 0.1) is 13.8 Å². The summed E-state index contributed by atoms with van der Waals surface area (Å²) in [5.41, 5.74) is 3.79. The molecule has 0 radical (unpaired) electrons. The summed E-state index contributed by atoms with van der Waals surface area (Å²) in [7, 11) is 3.12. The number of carbonyl (C=O) groups is 1. The molecule has 2 aromatic carbocycles. The molecule has 0 aliphatic carbocycles. The first kappa shape index (κ1) is 18.9. The molecule has 0 bridgehead atoms. The second kappa shape index (κ2) is 8.62. The van der Waals surface area contributed by atoms with E-state index in [1.54, 1.807) is 26.4 Å². The van der Waals surface area contributed by atoms with Crippen LogP contribution in [0.4, 0.5) is 11.4 Å². The zero-order valence-corrected chi connectivity index (χ0v) is 15.7. The van der Waals surface area contributed by atoms with Crippen LogP contribution in [0.1, 0.15) is 17.5 Å². The number of amides is 1. The van der Waals surface area contributed by atoms with E-state index in [-0.39, 0.29) is 5.91 Å². The average Bonchev–Trinajstić information content (AvgIpc) is 2.59. The minimum absolute atomic E-state index is 0.0545. The summed E-state index contributed by atoms with van der Waals surface area (Å²) in [6.07, 6.45) is 0.321. The molecule has 134 valence electrons. The Bertz CT molecular complexity index is 763. The van der Waals surface area contributed by atoms with Gasteiger partial charge in [-0.15, -0.1) is 0 Å². The lowest BCUT2D eigenvalue weighted by Gasteiger charge is -2.14. The predicted octanol–water partition coefficient (Wildman–Crippen LogP) is 4.41. The Morgan fingerprint density at radius 2 is 1.80 bits per heavy atom. The van der Waals surface area contributed by atoms with Crippen molar-refractivity contribution in [3.8, 4) is 11.5 Å². The lowest BCUT2D eigenvalue weighted by Crippen LogP contribution is -2.17. The standard InChI is InChI=1S/C19H23ClN2O3/c1-12-6-5-7-15(13(12)2)22-19(23)8-9-21-16-11-17(24-3)14(20)10-18(16)25-4/h5-7,10-11,21H,8-9H2,1-4H3,(H,22,23). The molecule has 0 unspecified atom stereocenters. The molecule has 2 N–H and O–H groups in total. The van der Waals surface area contributed by atoms with Gasteiger partial charge in [-0.2, -0.15) is 0 Å². The van der Waals surface area contributed by atoms with Crippen molar-refractivity contribution in [2.75, 3.05) is 31.4 Å². The number of hydrogen-bond acceptors (Lipinski definition) is 4. The van der Waals surface area contributed by atoms with Crippen molar-refractivity contribution < 1.29 is 14.3 Å². The van der Waals surface area contributed by atoms with Crippen LogP contribution in [0.25, 0.3) is 0 Å². The first-order chi connectivity index (χ1) is 12.0. The highest BCUT2D eigenvalue weighted by Crippen LogP contribution is 2.35. The van der Waals surface area contributed by atoms with Crippen LogP contribution in [-0.2, 0) is 4.79 Å². The third-order valence-corrected chi connectivity index (χ3v) is 4.32. The van der Waals surface area contributed by atoms with Crippen LogP contribution < -0.4 is 20.1 Å². The van der Waals surface area contributed by atoms with Gasteiger partial charge < -0.3 is 20.1 Å². The molecule has 6 heteroatoms. The number of methoxy groups -OCH3 is 2. The number of nitrogens with one attached hydrogen (secondary N) is 2. The third kappa shape index (κ3) is 4.79. The van der Waals surface area contributed by atoms with Gasteiger partial charge in [0.2, 0.25) is 5.91 Å². The number of anilines is 2. The normalized spacial score (nSPS) is 10.3. The van der Waals surface area contributed by atoms with Crippen LogP contribution in [-0.4, -0.2) is 26.7 Å². The van der Waals surface area contributed by atoms with Crippen molar-refractivity contribution in [1.82, 2.24) is 0 Å². The molecule has 2 aromatic rings. The van der Waals surface area contributed by atoms with Crippen molar-refractivity contribution in [3.05, 3.63) is 46.5 Å². The first-order valence-electron chi connectivity index (χ1n) is 7.97. The van der Waals surface area contributed by atoms with Crippen molar-refractivity contribution in [1.29, 1.82) is 0 Å². The number of aryl methyl sites for hydroxylation is 1.